The highest BCUT2D eigenvalue weighted by atomic mass is 35.5. The standard InChI is InChI=1S/C28H18Cl4/c29-25-23-21-17-9-13-5-1-2-6-14(13)10-18(17)22(24(23)26(30)28(32)27(25)31)20-12-16-8-4-3-7-15(16)11-19(20)21/h1-12,17-18,21-24H. The second kappa shape index (κ2) is 6.90. The number of hydrogen-bond acceptors (Lipinski definition) is 0. The molecule has 5 aliphatic rings. The van der Waals surface area contributed by atoms with E-state index in [0.717, 1.165) is 0 Å². The third-order valence-electron chi connectivity index (χ3n) is 8.04. The summed E-state index contributed by atoms with van der Waals surface area (Å²) in [6.45, 7) is 0. The largest absolute Gasteiger partial charge is 0.0871 e. The number of fused-ring (bicyclic) bond motifs is 2. The summed E-state index contributed by atoms with van der Waals surface area (Å²) in [6.07, 6.45) is 4.91. The van der Waals surface area contributed by atoms with Gasteiger partial charge in [0.15, 0.2) is 0 Å². The molecule has 6 atom stereocenters. The van der Waals surface area contributed by atoms with Gasteiger partial charge < -0.3 is 0 Å². The zero-order valence-electron chi connectivity index (χ0n) is 16.9. The molecule has 2 bridgehead atoms. The molecule has 6 unspecified atom stereocenters. The highest BCUT2D eigenvalue weighted by Gasteiger charge is 2.59. The van der Waals surface area contributed by atoms with Crippen LogP contribution in [0.1, 0.15) is 23.0 Å². The number of hydrogen-bond donors (Lipinski definition) is 0. The summed E-state index contributed by atoms with van der Waals surface area (Å²) in [5.41, 5.74) is 2.76. The van der Waals surface area contributed by atoms with Crippen LogP contribution >= 0.6 is 46.4 Å². The van der Waals surface area contributed by atoms with Gasteiger partial charge in [0.2, 0.25) is 0 Å². The Bertz CT molecular complexity index is 1400. The van der Waals surface area contributed by atoms with E-state index in [1.807, 2.05) is 0 Å². The molecule has 32 heavy (non-hydrogen) atoms. The van der Waals surface area contributed by atoms with Crippen LogP contribution in [0.3, 0.4) is 0 Å². The van der Waals surface area contributed by atoms with Crippen LogP contribution in [0.2, 0.25) is 0 Å². The van der Waals surface area contributed by atoms with Gasteiger partial charge in [-0.3, -0.25) is 0 Å². The SMILES string of the molecule is ClC1=C(Cl)C2C(C(Cl)=C1Cl)C1c3cc4ccccc4cc3C2C2C=c3ccccc3=CC21. The second-order valence-corrected chi connectivity index (χ2v) is 10.9. The van der Waals surface area contributed by atoms with Gasteiger partial charge in [-0.15, -0.1) is 0 Å². The first-order valence-corrected chi connectivity index (χ1v) is 12.5. The lowest BCUT2D eigenvalue weighted by Crippen LogP contribution is -2.51. The van der Waals surface area contributed by atoms with Crippen LogP contribution in [-0.4, -0.2) is 0 Å². The lowest BCUT2D eigenvalue weighted by molar-refractivity contribution is 0.142. The Labute approximate surface area is 206 Å². The maximum atomic E-state index is 6.96. The first-order valence-electron chi connectivity index (χ1n) is 11.0. The molecule has 0 N–H and O–H groups in total. The van der Waals surface area contributed by atoms with Crippen molar-refractivity contribution in [2.45, 2.75) is 11.8 Å². The van der Waals surface area contributed by atoms with Gasteiger partial charge in [0.1, 0.15) is 0 Å². The Morgan fingerprint density at radius 1 is 0.500 bits per heavy atom. The third kappa shape index (κ3) is 2.48. The monoisotopic (exact) mass is 494 g/mol. The van der Waals surface area contributed by atoms with Gasteiger partial charge in [-0.05, 0) is 56.0 Å². The molecular formula is C28H18Cl4. The summed E-state index contributed by atoms with van der Waals surface area (Å²) in [5.74, 6) is 1.13. The summed E-state index contributed by atoms with van der Waals surface area (Å²) in [4.78, 5) is 0. The summed E-state index contributed by atoms with van der Waals surface area (Å²) < 4.78 is 0. The van der Waals surface area contributed by atoms with Crippen molar-refractivity contribution in [1.29, 1.82) is 0 Å². The van der Waals surface area contributed by atoms with E-state index in [4.69, 9.17) is 46.4 Å². The van der Waals surface area contributed by atoms with E-state index in [1.54, 1.807) is 0 Å². The molecule has 3 aromatic carbocycles. The first kappa shape index (κ1) is 19.7. The van der Waals surface area contributed by atoms with Crippen molar-refractivity contribution in [3.8, 4) is 0 Å². The van der Waals surface area contributed by atoms with Gasteiger partial charge in [0, 0.05) is 21.9 Å². The fourth-order valence-corrected chi connectivity index (χ4v) is 8.13. The van der Waals surface area contributed by atoms with Gasteiger partial charge >= 0.3 is 0 Å². The number of halogens is 4. The Hall–Kier alpha value is -1.70. The molecule has 158 valence electrons. The van der Waals surface area contributed by atoms with Crippen LogP contribution < -0.4 is 10.4 Å². The van der Waals surface area contributed by atoms with Crippen molar-refractivity contribution in [2.24, 2.45) is 23.7 Å². The van der Waals surface area contributed by atoms with Crippen molar-refractivity contribution in [3.63, 3.8) is 0 Å². The van der Waals surface area contributed by atoms with Gasteiger partial charge in [0.05, 0.1) is 10.1 Å². The number of benzene rings is 3. The molecule has 5 aliphatic carbocycles. The Morgan fingerprint density at radius 3 is 1.34 bits per heavy atom. The third-order valence-corrected chi connectivity index (χ3v) is 10.00. The average molecular weight is 496 g/mol. The molecule has 3 aromatic rings. The van der Waals surface area contributed by atoms with Crippen LogP contribution in [0, 0.1) is 23.7 Å². The maximum absolute atomic E-state index is 6.96. The minimum atomic E-state index is 0.0361. The molecule has 1 fully saturated rings. The fourth-order valence-electron chi connectivity index (χ4n) is 6.85. The molecule has 0 saturated heterocycles. The molecule has 0 aromatic heterocycles. The van der Waals surface area contributed by atoms with E-state index in [1.165, 1.54) is 32.3 Å². The van der Waals surface area contributed by atoms with Gasteiger partial charge in [0.25, 0.3) is 0 Å². The Kier molecular flexibility index (Phi) is 4.26. The quantitative estimate of drug-likeness (QED) is 0.310. The van der Waals surface area contributed by atoms with Gasteiger partial charge in [-0.25, -0.2) is 0 Å². The van der Waals surface area contributed by atoms with E-state index in [0.29, 0.717) is 32.0 Å². The minimum absolute atomic E-state index is 0.0361. The molecule has 0 radical (unpaired) electrons. The predicted molar refractivity (Wildman–Crippen MR) is 135 cm³/mol. The average Bonchev–Trinajstić information content (AvgIpc) is 2.83. The second-order valence-electron chi connectivity index (χ2n) is 9.37. The molecule has 1 saturated carbocycles. The van der Waals surface area contributed by atoms with Crippen LogP contribution in [-0.2, 0) is 0 Å². The minimum Gasteiger partial charge on any atom is -0.0871 e. The molecule has 0 aliphatic heterocycles. The van der Waals surface area contributed by atoms with Gasteiger partial charge in [-0.1, -0.05) is 119 Å². The van der Waals surface area contributed by atoms with E-state index in [2.05, 4.69) is 72.8 Å². The Balaban J connectivity index is 1.57. The zero-order valence-corrected chi connectivity index (χ0v) is 19.9. The highest BCUT2D eigenvalue weighted by Crippen LogP contribution is 2.68. The summed E-state index contributed by atoms with van der Waals surface area (Å²) in [6, 6.07) is 21.9. The lowest BCUT2D eigenvalue weighted by atomic mass is 9.47. The van der Waals surface area contributed by atoms with Crippen LogP contribution in [0.5, 0.6) is 0 Å². The first-order chi connectivity index (χ1) is 15.5. The smallest absolute Gasteiger partial charge is 0.0752 e. The van der Waals surface area contributed by atoms with Crippen LogP contribution in [0.15, 0.2) is 80.8 Å². The van der Waals surface area contributed by atoms with Crippen molar-refractivity contribution >= 4 is 69.3 Å². The fraction of sp³-hybridized carbons (Fsp3) is 0.214. The molecule has 0 amide bonds. The molecule has 4 heteroatoms. The summed E-state index contributed by atoms with van der Waals surface area (Å²) >= 11 is 27.1. The van der Waals surface area contributed by atoms with Crippen molar-refractivity contribution < 1.29 is 0 Å². The van der Waals surface area contributed by atoms with E-state index >= 15 is 0 Å². The molecule has 0 spiro atoms. The zero-order chi connectivity index (χ0) is 21.7. The number of rotatable bonds is 0. The topological polar surface area (TPSA) is 0 Å². The molecule has 8 rings (SSSR count). The number of allylic oxidation sites excluding steroid dienone is 4. The lowest BCUT2D eigenvalue weighted by Gasteiger charge is -2.58. The maximum Gasteiger partial charge on any atom is 0.0752 e. The van der Waals surface area contributed by atoms with Crippen LogP contribution in [0.4, 0.5) is 0 Å². The van der Waals surface area contributed by atoms with Crippen molar-refractivity contribution in [1.82, 2.24) is 0 Å². The van der Waals surface area contributed by atoms with E-state index < -0.39 is 0 Å². The molecule has 0 heterocycles. The highest BCUT2D eigenvalue weighted by molar-refractivity contribution is 6.51. The van der Waals surface area contributed by atoms with Crippen LogP contribution in [0.25, 0.3) is 22.9 Å². The van der Waals surface area contributed by atoms with Gasteiger partial charge in [-0.2, -0.15) is 0 Å². The van der Waals surface area contributed by atoms with E-state index in [-0.39, 0.29) is 23.7 Å². The van der Waals surface area contributed by atoms with E-state index in [9.17, 15) is 0 Å². The van der Waals surface area contributed by atoms with Crippen molar-refractivity contribution in [3.05, 3.63) is 102 Å². The Morgan fingerprint density at radius 2 is 0.906 bits per heavy atom. The molecule has 0 nitrogen and oxygen atoms in total. The van der Waals surface area contributed by atoms with Crippen molar-refractivity contribution in [2.75, 3.05) is 0 Å². The normalized spacial score (nSPS) is 32.0. The summed E-state index contributed by atoms with van der Waals surface area (Å²) in [7, 11) is 0. The summed E-state index contributed by atoms with van der Waals surface area (Å²) in [5, 5.41) is 7.24. The predicted octanol–water partition coefficient (Wildman–Crippen LogP) is 7.17. The molecular weight excluding hydrogens is 478 g/mol.